The van der Waals surface area contributed by atoms with Crippen molar-refractivity contribution in [2.75, 3.05) is 6.61 Å². The number of rotatable bonds is 5. The Labute approximate surface area is 130 Å². The first kappa shape index (κ1) is 15.4. The van der Waals surface area contributed by atoms with E-state index in [4.69, 9.17) is 4.74 Å². The molecule has 5 nitrogen and oxygen atoms in total. The van der Waals surface area contributed by atoms with Gasteiger partial charge in [0, 0.05) is 16.3 Å². The first-order valence-electron chi connectivity index (χ1n) is 6.52. The molecule has 0 aliphatic rings. The topological polar surface area (TPSA) is 61.2 Å². The number of carbonyl (C=O) groups excluding carboxylic acids is 1. The molecule has 0 saturated carbocycles. The van der Waals surface area contributed by atoms with Gasteiger partial charge in [0.1, 0.15) is 6.54 Å². The Bertz CT molecular complexity index is 752. The van der Waals surface area contributed by atoms with Crippen molar-refractivity contribution in [1.82, 2.24) is 9.78 Å². The molecule has 1 aromatic heterocycles. The third kappa shape index (κ3) is 3.39. The van der Waals surface area contributed by atoms with E-state index in [-0.39, 0.29) is 18.7 Å². The molecular formula is C15H15BrN2O3. The zero-order chi connectivity index (χ0) is 15.4. The fourth-order valence-corrected chi connectivity index (χ4v) is 2.41. The summed E-state index contributed by atoms with van der Waals surface area (Å²) in [4.78, 5) is 24.0. The van der Waals surface area contributed by atoms with E-state index >= 15 is 0 Å². The number of esters is 1. The number of hydrogen-bond donors (Lipinski definition) is 0. The molecule has 0 radical (unpaired) electrons. The number of hydrogen-bond acceptors (Lipinski definition) is 4. The van der Waals surface area contributed by atoms with Crippen LogP contribution in [0, 0.1) is 0 Å². The van der Waals surface area contributed by atoms with Gasteiger partial charge in [-0.15, -0.1) is 6.58 Å². The van der Waals surface area contributed by atoms with Crippen LogP contribution in [0.5, 0.6) is 0 Å². The number of aromatic nitrogens is 2. The highest BCUT2D eigenvalue weighted by Crippen LogP contribution is 2.20. The molecule has 0 atom stereocenters. The summed E-state index contributed by atoms with van der Waals surface area (Å²) in [6.07, 6.45) is 2.22. The average molecular weight is 351 g/mol. The van der Waals surface area contributed by atoms with Crippen LogP contribution in [0.15, 0.2) is 40.1 Å². The molecule has 2 aromatic rings. The predicted octanol–water partition coefficient (Wildman–Crippen LogP) is 2.45. The van der Waals surface area contributed by atoms with Crippen LogP contribution in [0.4, 0.5) is 0 Å². The molecule has 1 heterocycles. The summed E-state index contributed by atoms with van der Waals surface area (Å²) in [5, 5.41) is 5.55. The van der Waals surface area contributed by atoms with E-state index in [1.54, 1.807) is 25.1 Å². The van der Waals surface area contributed by atoms with E-state index in [0.29, 0.717) is 17.5 Å². The molecule has 0 spiro atoms. The Kier molecular flexibility index (Phi) is 4.90. The van der Waals surface area contributed by atoms with E-state index in [9.17, 15) is 9.59 Å². The van der Waals surface area contributed by atoms with Gasteiger partial charge in [0.25, 0.3) is 5.56 Å². The first-order chi connectivity index (χ1) is 10.1. The number of ether oxygens (including phenoxy) is 1. The van der Waals surface area contributed by atoms with Crippen molar-refractivity contribution >= 4 is 32.7 Å². The van der Waals surface area contributed by atoms with E-state index < -0.39 is 5.97 Å². The maximum Gasteiger partial charge on any atom is 0.327 e. The van der Waals surface area contributed by atoms with Crippen LogP contribution in [0.1, 0.15) is 12.6 Å². The quantitative estimate of drug-likeness (QED) is 0.613. The van der Waals surface area contributed by atoms with Gasteiger partial charge in [-0.25, -0.2) is 4.68 Å². The third-order valence-electron chi connectivity index (χ3n) is 2.92. The second kappa shape index (κ2) is 6.67. The Morgan fingerprint density at radius 1 is 1.48 bits per heavy atom. The molecule has 0 saturated heterocycles. The minimum atomic E-state index is -0.479. The number of fused-ring (bicyclic) bond motifs is 1. The fraction of sp³-hybridized carbons (Fsp3) is 0.267. The van der Waals surface area contributed by atoms with Crippen molar-refractivity contribution in [2.45, 2.75) is 19.9 Å². The molecule has 6 heteroatoms. The Morgan fingerprint density at radius 2 is 2.24 bits per heavy atom. The number of allylic oxidation sites excluding steroid dienone is 1. The molecule has 0 aliphatic carbocycles. The molecule has 2 rings (SSSR count). The van der Waals surface area contributed by atoms with Crippen molar-refractivity contribution in [3.05, 3.63) is 51.4 Å². The highest BCUT2D eigenvalue weighted by atomic mass is 79.9. The molecule has 1 aromatic carbocycles. The van der Waals surface area contributed by atoms with E-state index in [2.05, 4.69) is 27.6 Å². The summed E-state index contributed by atoms with van der Waals surface area (Å²) in [5.74, 6) is -0.479. The van der Waals surface area contributed by atoms with E-state index in [0.717, 1.165) is 14.5 Å². The molecule has 21 heavy (non-hydrogen) atoms. The predicted molar refractivity (Wildman–Crippen MR) is 84.2 cm³/mol. The molecule has 110 valence electrons. The van der Waals surface area contributed by atoms with Crippen molar-refractivity contribution < 1.29 is 9.53 Å². The summed E-state index contributed by atoms with van der Waals surface area (Å²) in [7, 11) is 0. The molecule has 0 fully saturated rings. The molecule has 0 unspecified atom stereocenters. The highest BCUT2D eigenvalue weighted by molar-refractivity contribution is 9.10. The van der Waals surface area contributed by atoms with Gasteiger partial charge < -0.3 is 4.74 Å². The van der Waals surface area contributed by atoms with Crippen LogP contribution in [0.25, 0.3) is 10.8 Å². The third-order valence-corrected chi connectivity index (χ3v) is 3.41. The summed E-state index contributed by atoms with van der Waals surface area (Å²) in [5.41, 5.74) is 0.392. The van der Waals surface area contributed by atoms with E-state index in [1.165, 1.54) is 0 Å². The van der Waals surface area contributed by atoms with Crippen molar-refractivity contribution in [1.29, 1.82) is 0 Å². The van der Waals surface area contributed by atoms with Gasteiger partial charge in [-0.2, -0.15) is 5.10 Å². The summed E-state index contributed by atoms with van der Waals surface area (Å²) >= 11 is 3.39. The maximum absolute atomic E-state index is 12.4. The van der Waals surface area contributed by atoms with Gasteiger partial charge >= 0.3 is 5.97 Å². The van der Waals surface area contributed by atoms with Crippen LogP contribution < -0.4 is 5.56 Å². The highest BCUT2D eigenvalue weighted by Gasteiger charge is 2.13. The van der Waals surface area contributed by atoms with Gasteiger partial charge in [0.05, 0.1) is 17.7 Å². The first-order valence-corrected chi connectivity index (χ1v) is 7.32. The smallest absolute Gasteiger partial charge is 0.327 e. The van der Waals surface area contributed by atoms with Gasteiger partial charge in [-0.3, -0.25) is 9.59 Å². The zero-order valence-electron chi connectivity index (χ0n) is 11.6. The Morgan fingerprint density at radius 3 is 2.90 bits per heavy atom. The monoisotopic (exact) mass is 350 g/mol. The lowest BCUT2D eigenvalue weighted by Gasteiger charge is -2.10. The number of carbonyl (C=O) groups is 1. The number of benzene rings is 1. The van der Waals surface area contributed by atoms with Crippen LogP contribution >= 0.6 is 15.9 Å². The van der Waals surface area contributed by atoms with Crippen molar-refractivity contribution in [2.24, 2.45) is 0 Å². The van der Waals surface area contributed by atoms with Crippen molar-refractivity contribution in [3.8, 4) is 0 Å². The van der Waals surface area contributed by atoms with Crippen LogP contribution in [-0.2, 0) is 22.5 Å². The fourth-order valence-electron chi connectivity index (χ4n) is 2.05. The van der Waals surface area contributed by atoms with Crippen LogP contribution in [0.2, 0.25) is 0 Å². The second-order valence-electron chi connectivity index (χ2n) is 4.40. The molecule has 0 N–H and O–H groups in total. The molecule has 0 aliphatic heterocycles. The van der Waals surface area contributed by atoms with Crippen molar-refractivity contribution in [3.63, 3.8) is 0 Å². The lowest BCUT2D eigenvalue weighted by molar-refractivity contribution is -0.144. The lowest BCUT2D eigenvalue weighted by atomic mass is 10.1. The standard InChI is InChI=1S/C15H15BrN2O3/c1-3-5-13-12-8-10(16)6-7-11(12)15(20)18(17-13)9-14(19)21-4-2/h3,6-8H,1,4-5,9H2,2H3. The van der Waals surface area contributed by atoms with E-state index in [1.807, 2.05) is 6.07 Å². The Balaban J connectivity index is 2.59. The SMILES string of the molecule is C=CCc1nn(CC(=O)OCC)c(=O)c2ccc(Br)cc12. The van der Waals surface area contributed by atoms with Gasteiger partial charge in [-0.1, -0.05) is 22.0 Å². The zero-order valence-corrected chi connectivity index (χ0v) is 13.2. The minimum absolute atomic E-state index is 0.192. The molecule has 0 bridgehead atoms. The van der Waals surface area contributed by atoms with Crippen LogP contribution in [-0.4, -0.2) is 22.4 Å². The largest absolute Gasteiger partial charge is 0.465 e. The second-order valence-corrected chi connectivity index (χ2v) is 5.31. The molecular weight excluding hydrogens is 336 g/mol. The summed E-state index contributed by atoms with van der Waals surface area (Å²) in [6, 6.07) is 5.35. The molecule has 0 amide bonds. The van der Waals surface area contributed by atoms with Gasteiger partial charge in [0.2, 0.25) is 0 Å². The average Bonchev–Trinajstić information content (AvgIpc) is 2.44. The maximum atomic E-state index is 12.4. The lowest BCUT2D eigenvalue weighted by Crippen LogP contribution is -2.29. The number of nitrogens with zero attached hydrogens (tertiary/aromatic N) is 2. The number of halogens is 1. The normalized spacial score (nSPS) is 10.6. The van der Waals surface area contributed by atoms with Gasteiger partial charge in [0.15, 0.2) is 0 Å². The Hall–Kier alpha value is -1.95. The summed E-state index contributed by atoms with van der Waals surface area (Å²) in [6.45, 7) is 5.49. The summed E-state index contributed by atoms with van der Waals surface area (Å²) < 4.78 is 6.88. The minimum Gasteiger partial charge on any atom is -0.465 e. The van der Waals surface area contributed by atoms with Gasteiger partial charge in [-0.05, 0) is 25.1 Å². The van der Waals surface area contributed by atoms with Crippen LogP contribution in [0.3, 0.4) is 0 Å².